The predicted molar refractivity (Wildman–Crippen MR) is 73.2 cm³/mol. The number of carbonyl (C=O) groups is 1. The SMILES string of the molecule is N#CCn1c(=O)nc2n1C(=O)N(c1ccc(Br)cc1)C2. The molecular formula is C12H8BrN5O2. The highest BCUT2D eigenvalue weighted by atomic mass is 79.9. The number of hydrogen-bond donors (Lipinski definition) is 0. The van der Waals surface area contributed by atoms with Crippen molar-refractivity contribution >= 4 is 27.6 Å². The zero-order valence-electron chi connectivity index (χ0n) is 10.2. The van der Waals surface area contributed by atoms with E-state index < -0.39 is 5.69 Å². The summed E-state index contributed by atoms with van der Waals surface area (Å²) in [5.41, 5.74) is 0.130. The maximum atomic E-state index is 12.4. The molecule has 2 heterocycles. The van der Waals surface area contributed by atoms with Crippen LogP contribution in [0.2, 0.25) is 0 Å². The van der Waals surface area contributed by atoms with Crippen LogP contribution in [-0.2, 0) is 13.1 Å². The molecule has 20 heavy (non-hydrogen) atoms. The second-order valence-corrected chi connectivity index (χ2v) is 5.10. The summed E-state index contributed by atoms with van der Waals surface area (Å²) in [4.78, 5) is 29.2. The first-order valence-electron chi connectivity index (χ1n) is 5.75. The van der Waals surface area contributed by atoms with Gasteiger partial charge in [0.25, 0.3) is 0 Å². The van der Waals surface area contributed by atoms with E-state index in [0.717, 1.165) is 13.8 Å². The Balaban J connectivity index is 2.02. The summed E-state index contributed by atoms with van der Waals surface area (Å²) in [5, 5.41) is 8.71. The molecule has 1 aliphatic heterocycles. The normalized spacial score (nSPS) is 13.4. The maximum Gasteiger partial charge on any atom is 0.365 e. The van der Waals surface area contributed by atoms with Gasteiger partial charge >= 0.3 is 11.7 Å². The molecule has 0 unspecified atom stereocenters. The number of nitriles is 1. The lowest BCUT2D eigenvalue weighted by molar-refractivity contribution is 0.245. The largest absolute Gasteiger partial charge is 0.365 e. The quantitative estimate of drug-likeness (QED) is 0.829. The molecule has 0 saturated carbocycles. The lowest BCUT2D eigenvalue weighted by Gasteiger charge is -2.15. The number of rotatable bonds is 2. The Morgan fingerprint density at radius 1 is 1.30 bits per heavy atom. The summed E-state index contributed by atoms with van der Waals surface area (Å²) >= 11 is 3.33. The summed E-state index contributed by atoms with van der Waals surface area (Å²) in [6, 6.07) is 8.70. The molecule has 1 amide bonds. The van der Waals surface area contributed by atoms with Crippen LogP contribution in [0.3, 0.4) is 0 Å². The Bertz CT molecular complexity index is 784. The average Bonchev–Trinajstić information content (AvgIpc) is 2.89. The first kappa shape index (κ1) is 12.6. The van der Waals surface area contributed by atoms with Crippen LogP contribution in [0.5, 0.6) is 0 Å². The van der Waals surface area contributed by atoms with Crippen LogP contribution in [0.25, 0.3) is 0 Å². The summed E-state index contributed by atoms with van der Waals surface area (Å²) in [7, 11) is 0. The minimum Gasteiger partial charge on any atom is -0.285 e. The van der Waals surface area contributed by atoms with Gasteiger partial charge < -0.3 is 0 Å². The van der Waals surface area contributed by atoms with E-state index in [-0.39, 0.29) is 19.1 Å². The fourth-order valence-corrected chi connectivity index (χ4v) is 2.37. The van der Waals surface area contributed by atoms with Crippen LogP contribution < -0.4 is 10.6 Å². The van der Waals surface area contributed by atoms with Gasteiger partial charge in [-0.1, -0.05) is 15.9 Å². The first-order chi connectivity index (χ1) is 9.61. The third-order valence-corrected chi connectivity index (χ3v) is 3.53. The third-order valence-electron chi connectivity index (χ3n) is 3.00. The smallest absolute Gasteiger partial charge is 0.285 e. The van der Waals surface area contributed by atoms with Crippen LogP contribution in [0.1, 0.15) is 5.82 Å². The fraction of sp³-hybridized carbons (Fsp3) is 0.167. The van der Waals surface area contributed by atoms with Gasteiger partial charge in [-0.2, -0.15) is 14.9 Å². The lowest BCUT2D eigenvalue weighted by atomic mass is 10.3. The number of carbonyl (C=O) groups excluding carboxylic acids is 1. The molecule has 0 fully saturated rings. The molecule has 0 atom stereocenters. The Morgan fingerprint density at radius 2 is 2.00 bits per heavy atom. The van der Waals surface area contributed by atoms with Gasteiger partial charge in [0.2, 0.25) is 0 Å². The van der Waals surface area contributed by atoms with E-state index in [1.165, 1.54) is 4.90 Å². The molecule has 1 aromatic heterocycles. The number of halogens is 1. The van der Waals surface area contributed by atoms with Crippen LogP contribution in [0.4, 0.5) is 10.5 Å². The number of fused-ring (bicyclic) bond motifs is 1. The topological polar surface area (TPSA) is 83.9 Å². The van der Waals surface area contributed by atoms with E-state index in [1.54, 1.807) is 12.1 Å². The van der Waals surface area contributed by atoms with Crippen LogP contribution >= 0.6 is 15.9 Å². The maximum absolute atomic E-state index is 12.4. The van der Waals surface area contributed by atoms with Crippen molar-refractivity contribution in [2.45, 2.75) is 13.1 Å². The van der Waals surface area contributed by atoms with Crippen molar-refractivity contribution in [1.82, 2.24) is 14.3 Å². The summed E-state index contributed by atoms with van der Waals surface area (Å²) in [5.74, 6) is 0.346. The molecule has 0 radical (unpaired) electrons. The Hall–Kier alpha value is -2.40. The first-order valence-corrected chi connectivity index (χ1v) is 6.54. The van der Waals surface area contributed by atoms with Crippen LogP contribution in [0, 0.1) is 11.3 Å². The second-order valence-electron chi connectivity index (χ2n) is 4.18. The highest BCUT2D eigenvalue weighted by Gasteiger charge is 2.33. The zero-order valence-corrected chi connectivity index (χ0v) is 11.7. The Labute approximate surface area is 121 Å². The molecule has 2 aromatic rings. The minimum absolute atomic E-state index is 0.203. The fourth-order valence-electron chi connectivity index (χ4n) is 2.11. The van der Waals surface area contributed by atoms with E-state index >= 15 is 0 Å². The van der Waals surface area contributed by atoms with Gasteiger partial charge in [0.05, 0.1) is 12.6 Å². The molecule has 3 rings (SSSR count). The minimum atomic E-state index is -0.578. The van der Waals surface area contributed by atoms with E-state index in [0.29, 0.717) is 11.5 Å². The molecule has 1 aliphatic rings. The Morgan fingerprint density at radius 3 is 2.65 bits per heavy atom. The standard InChI is InChI=1S/C12H8BrN5O2/c13-8-1-3-9(4-2-8)16-7-10-15-11(19)17(6-5-14)18(10)12(16)20/h1-4H,6-7H2. The van der Waals surface area contributed by atoms with Gasteiger partial charge in [0, 0.05) is 10.2 Å². The molecule has 7 nitrogen and oxygen atoms in total. The zero-order chi connectivity index (χ0) is 14.3. The summed E-state index contributed by atoms with van der Waals surface area (Å²) in [6.07, 6.45) is 0. The molecule has 1 aromatic carbocycles. The van der Waals surface area contributed by atoms with Crippen molar-refractivity contribution in [3.05, 3.63) is 45.0 Å². The van der Waals surface area contributed by atoms with Crippen molar-refractivity contribution < 1.29 is 4.79 Å². The van der Waals surface area contributed by atoms with E-state index in [9.17, 15) is 9.59 Å². The number of nitrogens with zero attached hydrogens (tertiary/aromatic N) is 5. The third kappa shape index (κ3) is 1.83. The number of benzene rings is 1. The van der Waals surface area contributed by atoms with E-state index in [2.05, 4.69) is 20.9 Å². The predicted octanol–water partition coefficient (Wildman–Crippen LogP) is 1.32. The van der Waals surface area contributed by atoms with Gasteiger partial charge in [-0.3, -0.25) is 4.90 Å². The van der Waals surface area contributed by atoms with Gasteiger partial charge in [-0.15, -0.1) is 0 Å². The van der Waals surface area contributed by atoms with Gasteiger partial charge in [0.15, 0.2) is 5.82 Å². The van der Waals surface area contributed by atoms with Gasteiger partial charge in [-0.25, -0.2) is 14.3 Å². The molecule has 0 spiro atoms. The van der Waals surface area contributed by atoms with Crippen molar-refractivity contribution in [2.75, 3.05) is 4.90 Å². The number of hydrogen-bond acceptors (Lipinski definition) is 4. The van der Waals surface area contributed by atoms with Gasteiger partial charge in [0.1, 0.15) is 6.54 Å². The molecule has 100 valence electrons. The van der Waals surface area contributed by atoms with Crippen molar-refractivity contribution in [3.8, 4) is 6.07 Å². The van der Waals surface area contributed by atoms with Crippen molar-refractivity contribution in [2.24, 2.45) is 0 Å². The molecular weight excluding hydrogens is 326 g/mol. The molecule has 0 aliphatic carbocycles. The summed E-state index contributed by atoms with van der Waals surface area (Å²) < 4.78 is 3.11. The van der Waals surface area contributed by atoms with E-state index in [1.807, 2.05) is 18.2 Å². The van der Waals surface area contributed by atoms with E-state index in [4.69, 9.17) is 5.26 Å². The van der Waals surface area contributed by atoms with Crippen molar-refractivity contribution in [1.29, 1.82) is 5.26 Å². The average molecular weight is 334 g/mol. The Kier molecular flexibility index (Phi) is 2.91. The monoisotopic (exact) mass is 333 g/mol. The molecule has 0 bridgehead atoms. The summed E-state index contributed by atoms with van der Waals surface area (Å²) in [6.45, 7) is 0.0138. The van der Waals surface area contributed by atoms with Gasteiger partial charge in [-0.05, 0) is 24.3 Å². The lowest BCUT2D eigenvalue weighted by Crippen LogP contribution is -2.33. The highest BCUT2D eigenvalue weighted by molar-refractivity contribution is 9.10. The van der Waals surface area contributed by atoms with Crippen LogP contribution in [-0.4, -0.2) is 20.4 Å². The number of anilines is 1. The second kappa shape index (κ2) is 4.61. The number of amides is 1. The molecule has 8 heteroatoms. The molecule has 0 saturated heterocycles. The van der Waals surface area contributed by atoms with Crippen molar-refractivity contribution in [3.63, 3.8) is 0 Å². The highest BCUT2D eigenvalue weighted by Crippen LogP contribution is 2.24. The number of aromatic nitrogens is 3. The molecule has 0 N–H and O–H groups in total. The van der Waals surface area contributed by atoms with Crippen LogP contribution in [0.15, 0.2) is 33.5 Å².